The molecule has 34 heavy (non-hydrogen) atoms. The molecule has 0 spiro atoms. The molecule has 4 rings (SSSR count). The number of nitrogens with zero attached hydrogens (tertiary/aromatic N) is 2. The lowest BCUT2D eigenvalue weighted by Gasteiger charge is -2.21. The Labute approximate surface area is 203 Å². The molecule has 0 saturated carbocycles. The summed E-state index contributed by atoms with van der Waals surface area (Å²) < 4.78 is 5.67. The van der Waals surface area contributed by atoms with Gasteiger partial charge in [-0.2, -0.15) is 0 Å². The van der Waals surface area contributed by atoms with Gasteiger partial charge in [0, 0.05) is 19.6 Å². The molecule has 0 N–H and O–H groups in total. The fraction of sp³-hybridized carbons (Fsp3) is 0.300. The van der Waals surface area contributed by atoms with Crippen LogP contribution >= 0.6 is 0 Å². The van der Waals surface area contributed by atoms with E-state index in [-0.39, 0.29) is 12.1 Å². The number of carbonyl (C=O) groups excluding carboxylic acids is 1. The minimum absolute atomic E-state index is 0.244. The largest absolute Gasteiger partial charge is 0.414 e. The highest BCUT2D eigenvalue weighted by Gasteiger charge is 2.18. The van der Waals surface area contributed by atoms with E-state index in [9.17, 15) is 4.79 Å². The minimum atomic E-state index is -0.338. The van der Waals surface area contributed by atoms with Crippen LogP contribution in [0.5, 0.6) is 5.75 Å². The average molecular weight is 455 g/mol. The number of aryl methyl sites for hydroxylation is 2. The molecule has 3 aromatic rings. The van der Waals surface area contributed by atoms with Gasteiger partial charge in [0.1, 0.15) is 5.75 Å². The van der Waals surface area contributed by atoms with Crippen molar-refractivity contribution < 1.29 is 9.53 Å². The standard InChI is InChI=1S/C30H34N2O2/c1-22(31(2)3)25-13-9-14-26(21-25)34-30(33)32(4)20-10-17-29-27-15-7-5-11-23(27)18-19-24-12-6-8-16-28(24)29/h5-9,11-17,21-22H,10,18-20H2,1-4H3/t22-/m0/s1. The van der Waals surface area contributed by atoms with Crippen molar-refractivity contribution >= 4 is 11.7 Å². The van der Waals surface area contributed by atoms with E-state index in [1.807, 2.05) is 32.3 Å². The summed E-state index contributed by atoms with van der Waals surface area (Å²) in [5.41, 5.74) is 7.73. The zero-order valence-electron chi connectivity index (χ0n) is 20.6. The Morgan fingerprint density at radius 1 is 0.912 bits per heavy atom. The quantitative estimate of drug-likeness (QED) is 0.434. The van der Waals surface area contributed by atoms with Crippen molar-refractivity contribution in [2.24, 2.45) is 0 Å². The van der Waals surface area contributed by atoms with Gasteiger partial charge in [0.25, 0.3) is 0 Å². The molecule has 4 nitrogen and oxygen atoms in total. The van der Waals surface area contributed by atoms with E-state index in [2.05, 4.69) is 72.5 Å². The van der Waals surface area contributed by atoms with Crippen LogP contribution in [0.3, 0.4) is 0 Å². The molecule has 0 fully saturated rings. The van der Waals surface area contributed by atoms with Crippen LogP contribution in [-0.2, 0) is 12.8 Å². The number of rotatable bonds is 6. The molecule has 1 amide bonds. The molecular formula is C30H34N2O2. The maximum Gasteiger partial charge on any atom is 0.414 e. The van der Waals surface area contributed by atoms with E-state index in [0.717, 1.165) is 24.8 Å². The first-order valence-electron chi connectivity index (χ1n) is 12.0. The van der Waals surface area contributed by atoms with E-state index >= 15 is 0 Å². The molecule has 0 aromatic heterocycles. The molecule has 1 aliphatic rings. The number of amides is 1. The van der Waals surface area contributed by atoms with Crippen LogP contribution < -0.4 is 4.74 Å². The molecule has 4 heteroatoms. The number of hydrogen-bond acceptors (Lipinski definition) is 3. The summed E-state index contributed by atoms with van der Waals surface area (Å²) in [5, 5.41) is 0. The smallest absolute Gasteiger partial charge is 0.410 e. The van der Waals surface area contributed by atoms with E-state index in [1.54, 1.807) is 11.9 Å². The first-order valence-corrected chi connectivity index (χ1v) is 12.0. The van der Waals surface area contributed by atoms with E-state index < -0.39 is 0 Å². The highest BCUT2D eigenvalue weighted by atomic mass is 16.6. The van der Waals surface area contributed by atoms with Gasteiger partial charge < -0.3 is 14.5 Å². The average Bonchev–Trinajstić information content (AvgIpc) is 3.01. The van der Waals surface area contributed by atoms with Crippen molar-refractivity contribution in [2.75, 3.05) is 27.7 Å². The topological polar surface area (TPSA) is 32.8 Å². The summed E-state index contributed by atoms with van der Waals surface area (Å²) >= 11 is 0. The molecule has 0 bridgehead atoms. The summed E-state index contributed by atoms with van der Waals surface area (Å²) in [6.45, 7) is 2.71. The van der Waals surface area contributed by atoms with Gasteiger partial charge in [0.2, 0.25) is 0 Å². The molecule has 1 aliphatic carbocycles. The normalized spacial score (nSPS) is 13.5. The van der Waals surface area contributed by atoms with E-state index in [1.165, 1.54) is 27.8 Å². The third-order valence-corrected chi connectivity index (χ3v) is 6.72. The Bertz CT molecular complexity index is 1130. The zero-order valence-corrected chi connectivity index (χ0v) is 20.6. The Kier molecular flexibility index (Phi) is 7.49. The van der Waals surface area contributed by atoms with E-state index in [4.69, 9.17) is 4.74 Å². The molecule has 0 radical (unpaired) electrons. The van der Waals surface area contributed by atoms with Crippen molar-refractivity contribution in [2.45, 2.75) is 32.2 Å². The molecule has 0 heterocycles. The van der Waals surface area contributed by atoms with Crippen LogP contribution in [0.1, 0.15) is 47.2 Å². The Morgan fingerprint density at radius 3 is 2.15 bits per heavy atom. The number of carbonyl (C=O) groups is 1. The van der Waals surface area contributed by atoms with Crippen LogP contribution in [0.2, 0.25) is 0 Å². The van der Waals surface area contributed by atoms with Crippen LogP contribution in [0, 0.1) is 0 Å². The predicted molar refractivity (Wildman–Crippen MR) is 139 cm³/mol. The highest BCUT2D eigenvalue weighted by molar-refractivity contribution is 5.84. The fourth-order valence-corrected chi connectivity index (χ4v) is 4.45. The van der Waals surface area contributed by atoms with Crippen molar-refractivity contribution in [1.82, 2.24) is 9.80 Å². The molecule has 0 unspecified atom stereocenters. The van der Waals surface area contributed by atoms with Crippen LogP contribution in [-0.4, -0.2) is 43.6 Å². The predicted octanol–water partition coefficient (Wildman–Crippen LogP) is 6.36. The van der Waals surface area contributed by atoms with Crippen molar-refractivity contribution in [1.29, 1.82) is 0 Å². The third-order valence-electron chi connectivity index (χ3n) is 6.72. The van der Waals surface area contributed by atoms with Crippen LogP contribution in [0.15, 0.2) is 78.9 Å². The fourth-order valence-electron chi connectivity index (χ4n) is 4.45. The Morgan fingerprint density at radius 2 is 1.53 bits per heavy atom. The van der Waals surface area contributed by atoms with Gasteiger partial charge in [-0.05, 0) is 85.8 Å². The van der Waals surface area contributed by atoms with Gasteiger partial charge in [0.15, 0.2) is 0 Å². The molecule has 0 aliphatic heterocycles. The van der Waals surface area contributed by atoms with Gasteiger partial charge in [-0.25, -0.2) is 4.79 Å². The monoisotopic (exact) mass is 454 g/mol. The molecule has 1 atom stereocenters. The molecule has 0 saturated heterocycles. The lowest BCUT2D eigenvalue weighted by atomic mass is 9.93. The lowest BCUT2D eigenvalue weighted by Crippen LogP contribution is -2.30. The highest BCUT2D eigenvalue weighted by Crippen LogP contribution is 2.33. The first kappa shape index (κ1) is 23.8. The number of fused-ring (bicyclic) bond motifs is 2. The second-order valence-corrected chi connectivity index (χ2v) is 9.22. The SMILES string of the molecule is C[C@@H](c1cccc(OC(=O)N(C)CCC=C2c3ccccc3CCc3ccccc32)c1)N(C)C. The summed E-state index contributed by atoms with van der Waals surface area (Å²) in [6.07, 6.45) is 4.77. The number of hydrogen-bond donors (Lipinski definition) is 0. The molecular weight excluding hydrogens is 420 g/mol. The lowest BCUT2D eigenvalue weighted by molar-refractivity contribution is 0.163. The summed E-state index contributed by atoms with van der Waals surface area (Å²) in [4.78, 5) is 16.5. The van der Waals surface area contributed by atoms with Gasteiger partial charge in [0.05, 0.1) is 0 Å². The van der Waals surface area contributed by atoms with E-state index in [0.29, 0.717) is 12.3 Å². The summed E-state index contributed by atoms with van der Waals surface area (Å²) in [6, 6.07) is 25.3. The van der Waals surface area contributed by atoms with Gasteiger partial charge >= 0.3 is 6.09 Å². The van der Waals surface area contributed by atoms with Crippen LogP contribution in [0.4, 0.5) is 4.79 Å². The van der Waals surface area contributed by atoms with Gasteiger partial charge in [-0.3, -0.25) is 0 Å². The minimum Gasteiger partial charge on any atom is -0.410 e. The zero-order chi connectivity index (χ0) is 24.1. The Hall–Kier alpha value is -3.37. The molecule has 176 valence electrons. The van der Waals surface area contributed by atoms with Crippen molar-refractivity contribution in [3.63, 3.8) is 0 Å². The Balaban J connectivity index is 1.46. The van der Waals surface area contributed by atoms with Crippen LogP contribution in [0.25, 0.3) is 5.57 Å². The summed E-state index contributed by atoms with van der Waals surface area (Å²) in [7, 11) is 5.87. The maximum atomic E-state index is 12.7. The second kappa shape index (κ2) is 10.7. The third kappa shape index (κ3) is 5.40. The number of ether oxygens (including phenoxy) is 1. The number of benzene rings is 3. The van der Waals surface area contributed by atoms with Crippen molar-refractivity contribution in [3.8, 4) is 5.75 Å². The molecule has 3 aromatic carbocycles. The first-order chi connectivity index (χ1) is 16.4. The summed E-state index contributed by atoms with van der Waals surface area (Å²) in [5.74, 6) is 0.577. The second-order valence-electron chi connectivity index (χ2n) is 9.22. The van der Waals surface area contributed by atoms with Crippen molar-refractivity contribution in [3.05, 3.63) is 107 Å². The maximum absolute atomic E-state index is 12.7. The van der Waals surface area contributed by atoms with Gasteiger partial charge in [-0.15, -0.1) is 0 Å². The van der Waals surface area contributed by atoms with Gasteiger partial charge in [-0.1, -0.05) is 66.7 Å².